The zero-order valence-corrected chi connectivity index (χ0v) is 19.5. The highest BCUT2D eigenvalue weighted by atomic mass is 19.1. The zero-order chi connectivity index (χ0) is 23.4. The molecule has 1 aromatic heterocycles. The number of aryl methyl sites for hydroxylation is 2. The van der Waals surface area contributed by atoms with Crippen LogP contribution in [0.15, 0.2) is 6.07 Å². The summed E-state index contributed by atoms with van der Waals surface area (Å²) in [6.45, 7) is 11.5. The van der Waals surface area contributed by atoms with Crippen LogP contribution in [0.3, 0.4) is 0 Å². The Balaban J connectivity index is 1.70. The van der Waals surface area contributed by atoms with Gasteiger partial charge in [0.1, 0.15) is 11.4 Å². The van der Waals surface area contributed by atoms with Crippen LogP contribution in [-0.2, 0) is 4.74 Å². The van der Waals surface area contributed by atoms with Crippen molar-refractivity contribution in [3.63, 3.8) is 0 Å². The summed E-state index contributed by atoms with van der Waals surface area (Å²) in [5, 5.41) is 0.691. The number of likely N-dealkylation sites (tertiary alicyclic amines) is 1. The highest BCUT2D eigenvalue weighted by Crippen LogP contribution is 2.41. The smallest absolute Gasteiger partial charge is 0.410 e. The average molecular weight is 445 g/mol. The number of anilines is 1. The van der Waals surface area contributed by atoms with Gasteiger partial charge in [0, 0.05) is 30.7 Å². The molecule has 7 nitrogen and oxygen atoms in total. The van der Waals surface area contributed by atoms with Gasteiger partial charge in [-0.25, -0.2) is 9.18 Å². The Bertz CT molecular complexity index is 1080. The third-order valence-corrected chi connectivity index (χ3v) is 7.32. The summed E-state index contributed by atoms with van der Waals surface area (Å²) in [5.74, 6) is -0.885. The minimum absolute atomic E-state index is 0.0329. The van der Waals surface area contributed by atoms with Crippen molar-refractivity contribution in [2.24, 2.45) is 11.7 Å². The summed E-state index contributed by atoms with van der Waals surface area (Å²) < 4.78 is 21.2. The largest absolute Gasteiger partial charge is 0.443 e. The van der Waals surface area contributed by atoms with Gasteiger partial charge >= 0.3 is 6.09 Å². The fourth-order valence-corrected chi connectivity index (χ4v) is 5.06. The highest BCUT2D eigenvalue weighted by molar-refractivity contribution is 6.10. The average Bonchev–Trinajstić information content (AvgIpc) is 3.28. The van der Waals surface area contributed by atoms with Crippen LogP contribution < -0.4 is 10.6 Å². The summed E-state index contributed by atoms with van der Waals surface area (Å²) in [7, 11) is 0. The van der Waals surface area contributed by atoms with Crippen molar-refractivity contribution in [2.45, 2.75) is 65.5 Å². The van der Waals surface area contributed by atoms with Gasteiger partial charge in [-0.3, -0.25) is 4.79 Å². The van der Waals surface area contributed by atoms with E-state index in [4.69, 9.17) is 10.5 Å². The Labute approximate surface area is 188 Å². The molecule has 2 fully saturated rings. The number of carbonyl (C=O) groups excluding carboxylic acids is 2. The lowest BCUT2D eigenvalue weighted by atomic mass is 9.92. The molecule has 8 heteroatoms. The molecule has 2 amide bonds. The Kier molecular flexibility index (Phi) is 5.59. The molecule has 2 aliphatic heterocycles. The van der Waals surface area contributed by atoms with E-state index in [0.29, 0.717) is 36.2 Å². The maximum absolute atomic E-state index is 15.4. The number of carbonyl (C=O) groups is 2. The summed E-state index contributed by atoms with van der Waals surface area (Å²) in [6, 6.07) is 1.20. The number of hydrogen-bond donors (Lipinski definition) is 2. The second kappa shape index (κ2) is 7.98. The molecule has 0 spiro atoms. The maximum Gasteiger partial charge on any atom is 0.410 e. The van der Waals surface area contributed by atoms with Gasteiger partial charge in [0.05, 0.1) is 22.8 Å². The van der Waals surface area contributed by atoms with Crippen molar-refractivity contribution in [1.29, 1.82) is 0 Å². The van der Waals surface area contributed by atoms with Gasteiger partial charge in [0.2, 0.25) is 0 Å². The number of H-pyrrole nitrogens is 1. The quantitative estimate of drug-likeness (QED) is 0.738. The number of halogens is 1. The molecule has 2 saturated heterocycles. The van der Waals surface area contributed by atoms with Crippen LogP contribution in [0.25, 0.3) is 10.9 Å². The van der Waals surface area contributed by atoms with E-state index >= 15 is 4.39 Å². The van der Waals surface area contributed by atoms with Crippen LogP contribution in [0.1, 0.15) is 61.6 Å². The molecule has 0 bridgehead atoms. The van der Waals surface area contributed by atoms with Crippen LogP contribution >= 0.6 is 0 Å². The van der Waals surface area contributed by atoms with E-state index in [1.54, 1.807) is 0 Å². The van der Waals surface area contributed by atoms with Crippen LogP contribution in [0.2, 0.25) is 0 Å². The van der Waals surface area contributed by atoms with Crippen molar-refractivity contribution in [3.05, 3.63) is 28.7 Å². The number of nitrogens with one attached hydrogen (secondary N) is 1. The number of fused-ring (bicyclic) bond motifs is 2. The third-order valence-electron chi connectivity index (χ3n) is 7.32. The van der Waals surface area contributed by atoms with Crippen molar-refractivity contribution >= 4 is 28.6 Å². The fourth-order valence-electron chi connectivity index (χ4n) is 5.06. The maximum atomic E-state index is 15.4. The predicted molar refractivity (Wildman–Crippen MR) is 123 cm³/mol. The second-order valence-corrected chi connectivity index (χ2v) is 9.79. The van der Waals surface area contributed by atoms with E-state index in [-0.39, 0.29) is 23.6 Å². The Morgan fingerprint density at radius 2 is 2.03 bits per heavy atom. The minimum atomic E-state index is -0.663. The van der Waals surface area contributed by atoms with E-state index < -0.39 is 17.3 Å². The summed E-state index contributed by atoms with van der Waals surface area (Å²) in [6.07, 6.45) is 2.32. The normalized spacial score (nSPS) is 21.2. The van der Waals surface area contributed by atoms with Crippen molar-refractivity contribution in [1.82, 2.24) is 9.88 Å². The van der Waals surface area contributed by atoms with Crippen LogP contribution in [0, 0.1) is 25.6 Å². The number of amides is 2. The molecule has 2 atom stereocenters. The van der Waals surface area contributed by atoms with Gasteiger partial charge in [-0.05, 0) is 64.5 Å². The number of aromatic amines is 1. The molecular formula is C24H33FN4O3. The van der Waals surface area contributed by atoms with Gasteiger partial charge in [0.15, 0.2) is 0 Å². The monoisotopic (exact) mass is 444 g/mol. The predicted octanol–water partition coefficient (Wildman–Crippen LogP) is 4.25. The number of primary amides is 1. The molecule has 0 aliphatic carbocycles. The Morgan fingerprint density at radius 3 is 2.69 bits per heavy atom. The van der Waals surface area contributed by atoms with Gasteiger partial charge < -0.3 is 25.3 Å². The number of piperidine rings is 1. The molecule has 2 unspecified atom stereocenters. The van der Waals surface area contributed by atoms with E-state index in [1.165, 1.54) is 6.07 Å². The minimum Gasteiger partial charge on any atom is -0.443 e. The standard InChI is InChI=1S/C24H33FN4O3/c1-6-24(4,5)32-23(31)29-9-7-8-15-11-28(12-18(15)29)21-17(25)10-16(22(26)30)20-19(21)13(2)14(3)27-20/h10,15,18,27H,6-9,11-12H2,1-5H3,(H2,26,30). The summed E-state index contributed by atoms with van der Waals surface area (Å²) in [5.41, 5.74) is 7.97. The van der Waals surface area contributed by atoms with Gasteiger partial charge in [-0.2, -0.15) is 0 Å². The number of ether oxygens (including phenoxy) is 1. The number of nitrogens with zero attached hydrogens (tertiary/aromatic N) is 2. The van der Waals surface area contributed by atoms with E-state index in [2.05, 4.69) is 4.98 Å². The molecule has 3 N–H and O–H groups in total. The lowest BCUT2D eigenvalue weighted by Gasteiger charge is -2.38. The SMILES string of the molecule is CCC(C)(C)OC(=O)N1CCCC2CN(c3c(F)cc(C(N)=O)c4[nH]c(C)c(C)c34)CC21. The third kappa shape index (κ3) is 3.69. The van der Waals surface area contributed by atoms with Crippen molar-refractivity contribution in [2.75, 3.05) is 24.5 Å². The highest BCUT2D eigenvalue weighted by Gasteiger charge is 2.43. The number of nitrogens with two attached hydrogens (primary N) is 1. The lowest BCUT2D eigenvalue weighted by molar-refractivity contribution is -0.00450. The molecule has 3 heterocycles. The number of benzene rings is 1. The molecule has 4 rings (SSSR count). The zero-order valence-electron chi connectivity index (χ0n) is 19.5. The molecule has 32 heavy (non-hydrogen) atoms. The number of hydrogen-bond acceptors (Lipinski definition) is 4. The lowest BCUT2D eigenvalue weighted by Crippen LogP contribution is -2.50. The van der Waals surface area contributed by atoms with E-state index in [9.17, 15) is 9.59 Å². The summed E-state index contributed by atoms with van der Waals surface area (Å²) in [4.78, 5) is 32.0. The van der Waals surface area contributed by atoms with Crippen LogP contribution in [-0.4, -0.2) is 53.2 Å². The van der Waals surface area contributed by atoms with Crippen LogP contribution in [0.5, 0.6) is 0 Å². The van der Waals surface area contributed by atoms with Crippen LogP contribution in [0.4, 0.5) is 14.9 Å². The van der Waals surface area contributed by atoms with Crippen molar-refractivity contribution in [3.8, 4) is 0 Å². The number of rotatable bonds is 4. The molecular weight excluding hydrogens is 411 g/mol. The fraction of sp³-hybridized carbons (Fsp3) is 0.583. The molecule has 174 valence electrons. The first kappa shape index (κ1) is 22.4. The number of aromatic nitrogens is 1. The molecule has 0 saturated carbocycles. The second-order valence-electron chi connectivity index (χ2n) is 9.79. The van der Waals surface area contributed by atoms with E-state index in [0.717, 1.165) is 30.5 Å². The first-order valence-electron chi connectivity index (χ1n) is 11.4. The van der Waals surface area contributed by atoms with Gasteiger partial charge in [-0.15, -0.1) is 0 Å². The first-order valence-corrected chi connectivity index (χ1v) is 11.4. The topological polar surface area (TPSA) is 91.7 Å². The van der Waals surface area contributed by atoms with Gasteiger partial charge in [-0.1, -0.05) is 6.92 Å². The van der Waals surface area contributed by atoms with E-state index in [1.807, 2.05) is 44.4 Å². The first-order chi connectivity index (χ1) is 15.0. The Morgan fingerprint density at radius 1 is 1.31 bits per heavy atom. The summed E-state index contributed by atoms with van der Waals surface area (Å²) >= 11 is 0. The molecule has 1 aromatic carbocycles. The molecule has 2 aliphatic rings. The molecule has 2 aromatic rings. The van der Waals surface area contributed by atoms with Crippen molar-refractivity contribution < 1.29 is 18.7 Å². The Hall–Kier alpha value is -2.77. The van der Waals surface area contributed by atoms with Gasteiger partial charge in [0.25, 0.3) is 5.91 Å². The molecule has 0 radical (unpaired) electrons.